The fourth-order valence-electron chi connectivity index (χ4n) is 2.67. The lowest BCUT2D eigenvalue weighted by Crippen LogP contribution is -2.32. The van der Waals surface area contributed by atoms with Crippen LogP contribution in [0, 0.1) is 0 Å². The third-order valence-electron chi connectivity index (χ3n) is 3.59. The van der Waals surface area contributed by atoms with Gasteiger partial charge in [0.15, 0.2) is 0 Å². The summed E-state index contributed by atoms with van der Waals surface area (Å²) in [5.41, 5.74) is 8.35. The number of rotatable bonds is 3. The van der Waals surface area contributed by atoms with Crippen LogP contribution in [-0.2, 0) is 24.1 Å². The number of ether oxygens (including phenoxy) is 2. The molecule has 1 aromatic rings. The first-order chi connectivity index (χ1) is 9.09. The predicted octanol–water partition coefficient (Wildman–Crippen LogP) is 1.16. The molecule has 102 valence electrons. The van der Waals surface area contributed by atoms with Crippen LogP contribution in [0.15, 0.2) is 0 Å². The standard InChI is InChI=1S/C13H14ClNO4/c14-10-7-2-4-18-11(7)8(5-9(15)13(16)17)6-1-3-19-12(6)10/h9H,1-5,15H2,(H,16,17). The Morgan fingerprint density at radius 1 is 1.26 bits per heavy atom. The van der Waals surface area contributed by atoms with Gasteiger partial charge in [0.05, 0.1) is 18.2 Å². The zero-order valence-electron chi connectivity index (χ0n) is 10.2. The minimum Gasteiger partial charge on any atom is -0.493 e. The number of aliphatic carboxylic acids is 1. The van der Waals surface area contributed by atoms with Gasteiger partial charge in [-0.25, -0.2) is 0 Å². The molecule has 0 saturated carbocycles. The highest BCUT2D eigenvalue weighted by Gasteiger charge is 2.32. The molecule has 0 amide bonds. The van der Waals surface area contributed by atoms with Gasteiger partial charge in [-0.15, -0.1) is 0 Å². The molecule has 1 atom stereocenters. The van der Waals surface area contributed by atoms with Crippen LogP contribution in [0.2, 0.25) is 5.02 Å². The lowest BCUT2D eigenvalue weighted by Gasteiger charge is -2.16. The maximum absolute atomic E-state index is 10.9. The molecule has 1 unspecified atom stereocenters. The van der Waals surface area contributed by atoms with Crippen LogP contribution in [0.1, 0.15) is 16.7 Å². The van der Waals surface area contributed by atoms with E-state index in [1.165, 1.54) is 0 Å². The van der Waals surface area contributed by atoms with Gasteiger partial charge >= 0.3 is 5.97 Å². The number of nitrogens with two attached hydrogens (primary N) is 1. The number of hydrogen-bond acceptors (Lipinski definition) is 4. The molecule has 2 aliphatic rings. The predicted molar refractivity (Wildman–Crippen MR) is 69.2 cm³/mol. The summed E-state index contributed by atoms with van der Waals surface area (Å²) in [5.74, 6) is 0.374. The zero-order valence-corrected chi connectivity index (χ0v) is 11.0. The van der Waals surface area contributed by atoms with Gasteiger partial charge in [-0.05, 0) is 0 Å². The molecule has 0 aliphatic carbocycles. The summed E-state index contributed by atoms with van der Waals surface area (Å²) in [7, 11) is 0. The van der Waals surface area contributed by atoms with E-state index in [4.69, 9.17) is 31.9 Å². The van der Waals surface area contributed by atoms with Crippen molar-refractivity contribution in [3.05, 3.63) is 21.7 Å². The van der Waals surface area contributed by atoms with Gasteiger partial charge in [0.2, 0.25) is 0 Å². The van der Waals surface area contributed by atoms with E-state index in [2.05, 4.69) is 0 Å². The second-order valence-corrected chi connectivity index (χ2v) is 5.13. The summed E-state index contributed by atoms with van der Waals surface area (Å²) < 4.78 is 11.2. The molecule has 0 saturated heterocycles. The van der Waals surface area contributed by atoms with Crippen molar-refractivity contribution >= 4 is 17.6 Å². The van der Waals surface area contributed by atoms with Crippen molar-refractivity contribution in [2.45, 2.75) is 25.3 Å². The van der Waals surface area contributed by atoms with Gasteiger partial charge in [0.25, 0.3) is 0 Å². The first kappa shape index (κ1) is 12.6. The Hall–Kier alpha value is -1.46. The van der Waals surface area contributed by atoms with Crippen LogP contribution in [-0.4, -0.2) is 30.3 Å². The molecule has 0 fully saturated rings. The molecule has 3 rings (SSSR count). The Morgan fingerprint density at radius 3 is 2.58 bits per heavy atom. The van der Waals surface area contributed by atoms with E-state index in [0.29, 0.717) is 36.2 Å². The summed E-state index contributed by atoms with van der Waals surface area (Å²) in [6.07, 6.45) is 1.67. The molecular weight excluding hydrogens is 270 g/mol. The Kier molecular flexibility index (Phi) is 3.03. The molecular formula is C13H14ClNO4. The molecule has 0 spiro atoms. The Bertz CT molecular complexity index is 523. The quantitative estimate of drug-likeness (QED) is 0.870. The maximum atomic E-state index is 10.9. The fourth-order valence-corrected chi connectivity index (χ4v) is 3.02. The molecule has 0 bridgehead atoms. The molecule has 6 heteroatoms. The first-order valence-electron chi connectivity index (χ1n) is 6.19. The van der Waals surface area contributed by atoms with Gasteiger partial charge in [0, 0.05) is 36.0 Å². The molecule has 0 aromatic heterocycles. The van der Waals surface area contributed by atoms with Crippen molar-refractivity contribution in [3.8, 4) is 11.5 Å². The number of hydrogen-bond donors (Lipinski definition) is 2. The maximum Gasteiger partial charge on any atom is 0.320 e. The van der Waals surface area contributed by atoms with E-state index in [-0.39, 0.29) is 6.42 Å². The van der Waals surface area contributed by atoms with Crippen molar-refractivity contribution in [2.24, 2.45) is 5.73 Å². The molecule has 3 N–H and O–H groups in total. The number of carboxylic acids is 1. The summed E-state index contributed by atoms with van der Waals surface area (Å²) in [6, 6.07) is -0.945. The molecule has 0 radical (unpaired) electrons. The monoisotopic (exact) mass is 283 g/mol. The zero-order chi connectivity index (χ0) is 13.6. The van der Waals surface area contributed by atoms with Crippen molar-refractivity contribution in [1.82, 2.24) is 0 Å². The number of benzene rings is 1. The average molecular weight is 284 g/mol. The summed E-state index contributed by atoms with van der Waals surface area (Å²) in [6.45, 7) is 1.13. The van der Waals surface area contributed by atoms with Gasteiger partial charge in [-0.3, -0.25) is 4.79 Å². The SMILES string of the molecule is NC(Cc1c2c(c(Cl)c3c1OCC3)OCC2)C(=O)O. The summed E-state index contributed by atoms with van der Waals surface area (Å²) in [4.78, 5) is 10.9. The van der Waals surface area contributed by atoms with Crippen molar-refractivity contribution in [2.75, 3.05) is 13.2 Å². The van der Waals surface area contributed by atoms with Crippen LogP contribution in [0.5, 0.6) is 11.5 Å². The smallest absolute Gasteiger partial charge is 0.320 e. The third kappa shape index (κ3) is 1.93. The van der Waals surface area contributed by atoms with E-state index >= 15 is 0 Å². The van der Waals surface area contributed by atoms with Gasteiger partial charge < -0.3 is 20.3 Å². The minimum absolute atomic E-state index is 0.237. The van der Waals surface area contributed by atoms with Crippen molar-refractivity contribution in [1.29, 1.82) is 0 Å². The first-order valence-corrected chi connectivity index (χ1v) is 6.57. The van der Waals surface area contributed by atoms with Crippen LogP contribution in [0.4, 0.5) is 0 Å². The van der Waals surface area contributed by atoms with Crippen LogP contribution in [0.3, 0.4) is 0 Å². The Morgan fingerprint density at radius 2 is 1.89 bits per heavy atom. The van der Waals surface area contributed by atoms with Crippen LogP contribution in [0.25, 0.3) is 0 Å². The Balaban J connectivity index is 2.11. The fraction of sp³-hybridized carbons (Fsp3) is 0.462. The molecule has 2 heterocycles. The molecule has 19 heavy (non-hydrogen) atoms. The lowest BCUT2D eigenvalue weighted by atomic mass is 9.94. The van der Waals surface area contributed by atoms with Gasteiger partial charge in [-0.1, -0.05) is 11.6 Å². The topological polar surface area (TPSA) is 81.8 Å². The van der Waals surface area contributed by atoms with Crippen molar-refractivity contribution in [3.63, 3.8) is 0 Å². The van der Waals surface area contributed by atoms with E-state index in [0.717, 1.165) is 23.1 Å². The van der Waals surface area contributed by atoms with Gasteiger partial charge in [-0.2, -0.15) is 0 Å². The van der Waals surface area contributed by atoms with Crippen LogP contribution >= 0.6 is 11.6 Å². The molecule has 1 aromatic carbocycles. The van der Waals surface area contributed by atoms with Crippen LogP contribution < -0.4 is 15.2 Å². The van der Waals surface area contributed by atoms with Crippen molar-refractivity contribution < 1.29 is 19.4 Å². The number of fused-ring (bicyclic) bond motifs is 2. The second-order valence-electron chi connectivity index (χ2n) is 4.75. The molecule has 2 aliphatic heterocycles. The largest absolute Gasteiger partial charge is 0.493 e. The summed E-state index contributed by atoms with van der Waals surface area (Å²) in [5, 5.41) is 9.58. The second kappa shape index (κ2) is 4.58. The molecule has 5 nitrogen and oxygen atoms in total. The lowest BCUT2D eigenvalue weighted by molar-refractivity contribution is -0.138. The highest BCUT2D eigenvalue weighted by Crippen LogP contribution is 2.47. The van der Waals surface area contributed by atoms with E-state index < -0.39 is 12.0 Å². The van der Waals surface area contributed by atoms with E-state index in [1.807, 2.05) is 0 Å². The van der Waals surface area contributed by atoms with E-state index in [9.17, 15) is 4.79 Å². The number of carboxylic acid groups (broad SMARTS) is 1. The third-order valence-corrected chi connectivity index (χ3v) is 3.99. The number of halogens is 1. The van der Waals surface area contributed by atoms with E-state index in [1.54, 1.807) is 0 Å². The average Bonchev–Trinajstić information content (AvgIpc) is 3.02. The Labute approximate surface area is 115 Å². The number of carbonyl (C=O) groups is 1. The minimum atomic E-state index is -1.02. The normalized spacial score (nSPS) is 17.4. The highest BCUT2D eigenvalue weighted by atomic mass is 35.5. The van der Waals surface area contributed by atoms with Gasteiger partial charge in [0.1, 0.15) is 17.5 Å². The summed E-state index contributed by atoms with van der Waals surface area (Å²) >= 11 is 6.32. The highest BCUT2D eigenvalue weighted by molar-refractivity contribution is 6.33.